The lowest BCUT2D eigenvalue weighted by Gasteiger charge is -2.24. The molecule has 1 aliphatic carbocycles. The highest BCUT2D eigenvalue weighted by Crippen LogP contribution is 2.49. The molecule has 2 atom stereocenters. The van der Waals surface area contributed by atoms with Crippen molar-refractivity contribution in [3.05, 3.63) is 94.6 Å². The molecule has 0 bridgehead atoms. The molecule has 0 amide bonds. The molecular weight excluding hydrogens is 438 g/mol. The number of ether oxygens (including phenoxy) is 1. The Morgan fingerprint density at radius 1 is 1.03 bits per heavy atom. The number of rotatable bonds is 6. The van der Waals surface area contributed by atoms with Gasteiger partial charge < -0.3 is 9.84 Å². The van der Waals surface area contributed by atoms with Crippen LogP contribution in [-0.2, 0) is 12.8 Å². The number of aromatic carboxylic acids is 1. The second kappa shape index (κ2) is 9.21. The van der Waals surface area contributed by atoms with Crippen LogP contribution in [-0.4, -0.2) is 16.1 Å². The summed E-state index contributed by atoms with van der Waals surface area (Å²) in [6, 6.07) is 12.0. The van der Waals surface area contributed by atoms with Gasteiger partial charge in [-0.1, -0.05) is 18.6 Å². The molecule has 8 heteroatoms. The summed E-state index contributed by atoms with van der Waals surface area (Å²) in [5, 5.41) is 9.30. The number of hydrogen-bond donors (Lipinski definition) is 1. The van der Waals surface area contributed by atoms with Crippen molar-refractivity contribution in [2.24, 2.45) is 0 Å². The quantitative estimate of drug-likeness (QED) is 0.424. The number of halogens is 4. The van der Waals surface area contributed by atoms with E-state index in [-0.39, 0.29) is 29.8 Å². The first-order valence-electron chi connectivity index (χ1n) is 10.5. The predicted octanol–water partition coefficient (Wildman–Crippen LogP) is 6.57. The van der Waals surface area contributed by atoms with Crippen LogP contribution in [0.2, 0.25) is 0 Å². The van der Waals surface area contributed by atoms with Crippen LogP contribution in [0.5, 0.6) is 5.75 Å². The van der Waals surface area contributed by atoms with Gasteiger partial charge in [-0.05, 0) is 72.4 Å². The first kappa shape index (κ1) is 22.8. The summed E-state index contributed by atoms with van der Waals surface area (Å²) in [6.45, 7) is 0.0722. The van der Waals surface area contributed by atoms with E-state index in [1.807, 2.05) is 0 Å². The van der Waals surface area contributed by atoms with Crippen LogP contribution in [0.4, 0.5) is 17.6 Å². The Hall–Kier alpha value is -3.42. The number of alkyl halides is 3. The van der Waals surface area contributed by atoms with Crippen molar-refractivity contribution in [1.29, 1.82) is 0 Å². The normalized spacial score (nSPS) is 18.3. The lowest BCUT2D eigenvalue weighted by Crippen LogP contribution is -2.12. The maximum atomic E-state index is 13.5. The van der Waals surface area contributed by atoms with E-state index >= 15 is 0 Å². The summed E-state index contributed by atoms with van der Waals surface area (Å²) >= 11 is 0. The van der Waals surface area contributed by atoms with Gasteiger partial charge in [0.25, 0.3) is 0 Å². The lowest BCUT2D eigenvalue weighted by molar-refractivity contribution is -0.137. The van der Waals surface area contributed by atoms with Gasteiger partial charge in [0.1, 0.15) is 18.2 Å². The number of carboxylic acid groups (broad SMARTS) is 1. The molecule has 4 rings (SSSR count). The minimum atomic E-state index is -4.51. The third-order valence-corrected chi connectivity index (χ3v) is 5.97. The van der Waals surface area contributed by atoms with E-state index in [2.05, 4.69) is 4.98 Å². The van der Waals surface area contributed by atoms with E-state index < -0.39 is 17.7 Å². The number of pyridine rings is 1. The van der Waals surface area contributed by atoms with Crippen molar-refractivity contribution in [3.8, 4) is 5.75 Å². The minimum absolute atomic E-state index is 0.0722. The van der Waals surface area contributed by atoms with Gasteiger partial charge in [-0.15, -0.1) is 0 Å². The molecule has 33 heavy (non-hydrogen) atoms. The van der Waals surface area contributed by atoms with Gasteiger partial charge in [0, 0.05) is 17.8 Å². The Bertz CT molecular complexity index is 1150. The fraction of sp³-hybridized carbons (Fsp3) is 0.280. The first-order valence-corrected chi connectivity index (χ1v) is 10.5. The van der Waals surface area contributed by atoms with E-state index in [9.17, 15) is 27.5 Å². The average Bonchev–Trinajstić information content (AvgIpc) is 3.28. The van der Waals surface area contributed by atoms with Gasteiger partial charge in [0.2, 0.25) is 0 Å². The minimum Gasteiger partial charge on any atom is -0.489 e. The van der Waals surface area contributed by atoms with E-state index in [1.165, 1.54) is 36.5 Å². The number of aromatic nitrogens is 1. The highest BCUT2D eigenvalue weighted by molar-refractivity contribution is 5.87. The molecule has 2 unspecified atom stereocenters. The Labute approximate surface area is 187 Å². The highest BCUT2D eigenvalue weighted by atomic mass is 19.4. The van der Waals surface area contributed by atoms with E-state index in [0.717, 1.165) is 18.6 Å². The van der Waals surface area contributed by atoms with Crippen LogP contribution >= 0.6 is 0 Å². The molecule has 172 valence electrons. The van der Waals surface area contributed by atoms with Crippen LogP contribution in [0.15, 0.2) is 60.8 Å². The zero-order valence-electron chi connectivity index (χ0n) is 17.5. The molecule has 1 fully saturated rings. The molecule has 1 aliphatic rings. The van der Waals surface area contributed by atoms with Gasteiger partial charge >= 0.3 is 12.1 Å². The molecule has 0 radical (unpaired) electrons. The van der Waals surface area contributed by atoms with Gasteiger partial charge in [-0.2, -0.15) is 13.2 Å². The van der Waals surface area contributed by atoms with E-state index in [1.54, 1.807) is 12.1 Å². The molecular formula is C25H21F4NO3. The Balaban J connectivity index is 1.69. The fourth-order valence-electron chi connectivity index (χ4n) is 4.36. The van der Waals surface area contributed by atoms with Crippen molar-refractivity contribution >= 4 is 5.97 Å². The third kappa shape index (κ3) is 5.16. The Morgan fingerprint density at radius 3 is 2.45 bits per heavy atom. The van der Waals surface area contributed by atoms with Gasteiger partial charge in [-0.25, -0.2) is 9.18 Å². The molecule has 0 aliphatic heterocycles. The monoisotopic (exact) mass is 459 g/mol. The lowest BCUT2D eigenvalue weighted by atomic mass is 9.85. The van der Waals surface area contributed by atoms with Gasteiger partial charge in [0.15, 0.2) is 0 Å². The molecule has 0 spiro atoms. The molecule has 1 N–H and O–H groups in total. The maximum Gasteiger partial charge on any atom is 0.416 e. The topological polar surface area (TPSA) is 59.4 Å². The molecule has 1 heterocycles. The number of hydrogen-bond acceptors (Lipinski definition) is 3. The average molecular weight is 459 g/mol. The van der Waals surface area contributed by atoms with E-state index in [4.69, 9.17) is 4.74 Å². The first-order chi connectivity index (χ1) is 15.7. The van der Waals surface area contributed by atoms with Crippen molar-refractivity contribution < 1.29 is 32.2 Å². The zero-order chi connectivity index (χ0) is 23.6. The summed E-state index contributed by atoms with van der Waals surface area (Å²) in [5.74, 6) is -1.71. The molecule has 0 saturated heterocycles. The van der Waals surface area contributed by atoms with Gasteiger partial charge in [-0.3, -0.25) is 4.98 Å². The Morgan fingerprint density at radius 2 is 1.76 bits per heavy atom. The summed E-state index contributed by atoms with van der Waals surface area (Å²) < 4.78 is 59.5. The van der Waals surface area contributed by atoms with Crippen LogP contribution in [0.3, 0.4) is 0 Å². The van der Waals surface area contributed by atoms with Crippen molar-refractivity contribution in [2.75, 3.05) is 0 Å². The van der Waals surface area contributed by atoms with Crippen molar-refractivity contribution in [2.45, 2.75) is 43.9 Å². The number of benzene rings is 2. The molecule has 4 nitrogen and oxygen atoms in total. The third-order valence-electron chi connectivity index (χ3n) is 5.97. The summed E-state index contributed by atoms with van der Waals surface area (Å²) in [6.07, 6.45) is -1.04. The summed E-state index contributed by atoms with van der Waals surface area (Å²) in [5.41, 5.74) is 0.948. The molecule has 3 aromatic rings. The highest BCUT2D eigenvalue weighted by Gasteiger charge is 2.36. The SMILES string of the molecule is O=C(O)c1ccnc(C2CCCC2c2cc(C(F)(F)F)ccc2OCc2ccc(F)cc2)c1. The zero-order valence-corrected chi connectivity index (χ0v) is 17.5. The predicted molar refractivity (Wildman–Crippen MR) is 113 cm³/mol. The van der Waals surface area contributed by atoms with Gasteiger partial charge in [0.05, 0.1) is 11.1 Å². The standard InChI is InChI=1S/C25H21F4NO3/c26-18-7-4-15(5-8-18)14-33-23-9-6-17(25(27,28)29)13-21(23)19-2-1-3-20(19)22-12-16(24(31)32)10-11-30-22/h4-13,19-20H,1-3,14H2,(H,31,32). The summed E-state index contributed by atoms with van der Waals surface area (Å²) in [4.78, 5) is 15.7. The van der Waals surface area contributed by atoms with Crippen LogP contribution in [0, 0.1) is 5.82 Å². The van der Waals surface area contributed by atoms with Crippen LogP contribution in [0.1, 0.15) is 63.8 Å². The number of nitrogens with zero attached hydrogens (tertiary/aromatic N) is 1. The number of carbonyl (C=O) groups is 1. The van der Waals surface area contributed by atoms with E-state index in [0.29, 0.717) is 35.4 Å². The molecule has 1 aromatic heterocycles. The summed E-state index contributed by atoms with van der Waals surface area (Å²) in [7, 11) is 0. The smallest absolute Gasteiger partial charge is 0.416 e. The fourth-order valence-corrected chi connectivity index (χ4v) is 4.36. The van der Waals surface area contributed by atoms with Crippen LogP contribution < -0.4 is 4.74 Å². The molecule has 1 saturated carbocycles. The van der Waals surface area contributed by atoms with Crippen LogP contribution in [0.25, 0.3) is 0 Å². The Kier molecular flexibility index (Phi) is 6.35. The molecule has 2 aromatic carbocycles. The van der Waals surface area contributed by atoms with Crippen molar-refractivity contribution in [1.82, 2.24) is 4.98 Å². The largest absolute Gasteiger partial charge is 0.489 e. The second-order valence-electron chi connectivity index (χ2n) is 8.08. The second-order valence-corrected chi connectivity index (χ2v) is 8.08. The number of carboxylic acids is 1. The van der Waals surface area contributed by atoms with Crippen molar-refractivity contribution in [3.63, 3.8) is 0 Å². The maximum absolute atomic E-state index is 13.5.